The Hall–Kier alpha value is -0.0800. The third kappa shape index (κ3) is 3.45. The maximum atomic E-state index is 3.69. The van der Waals surface area contributed by atoms with E-state index in [2.05, 4.69) is 24.1 Å². The van der Waals surface area contributed by atoms with Crippen molar-refractivity contribution in [3.05, 3.63) is 0 Å². The molecule has 17 heavy (non-hydrogen) atoms. The number of hydrogen-bond acceptors (Lipinski definition) is 2. The predicted octanol–water partition coefficient (Wildman–Crippen LogP) is 3.03. The minimum absolute atomic E-state index is 0.805. The lowest BCUT2D eigenvalue weighted by molar-refractivity contribution is 0.115. The normalized spacial score (nSPS) is 35.3. The van der Waals surface area contributed by atoms with E-state index in [-0.39, 0.29) is 0 Å². The minimum Gasteiger partial charge on any atom is -0.314 e. The SMILES string of the molecule is CCNC1CCCC1CN1CCCCC1CC. The molecular formula is C15H30N2. The molecule has 1 saturated heterocycles. The van der Waals surface area contributed by atoms with Crippen LogP contribution in [-0.2, 0) is 0 Å². The van der Waals surface area contributed by atoms with Gasteiger partial charge in [0.1, 0.15) is 0 Å². The van der Waals surface area contributed by atoms with Gasteiger partial charge >= 0.3 is 0 Å². The van der Waals surface area contributed by atoms with Crippen LogP contribution in [-0.4, -0.2) is 36.6 Å². The van der Waals surface area contributed by atoms with E-state index in [9.17, 15) is 0 Å². The van der Waals surface area contributed by atoms with Gasteiger partial charge in [-0.25, -0.2) is 0 Å². The van der Waals surface area contributed by atoms with Gasteiger partial charge in [-0.2, -0.15) is 0 Å². The molecule has 0 radical (unpaired) electrons. The van der Waals surface area contributed by atoms with E-state index in [0.717, 1.165) is 24.5 Å². The molecule has 1 N–H and O–H groups in total. The molecule has 1 saturated carbocycles. The molecule has 2 rings (SSSR count). The zero-order chi connectivity index (χ0) is 12.1. The second kappa shape index (κ2) is 6.75. The summed E-state index contributed by atoms with van der Waals surface area (Å²) in [4.78, 5) is 2.80. The zero-order valence-corrected chi connectivity index (χ0v) is 11.8. The van der Waals surface area contributed by atoms with Crippen LogP contribution in [0, 0.1) is 5.92 Å². The number of likely N-dealkylation sites (tertiary alicyclic amines) is 1. The fraction of sp³-hybridized carbons (Fsp3) is 1.00. The van der Waals surface area contributed by atoms with E-state index in [4.69, 9.17) is 0 Å². The Balaban J connectivity index is 1.85. The molecule has 0 spiro atoms. The lowest BCUT2D eigenvalue weighted by Crippen LogP contribution is -2.45. The predicted molar refractivity (Wildman–Crippen MR) is 74.3 cm³/mol. The van der Waals surface area contributed by atoms with Crippen molar-refractivity contribution in [1.29, 1.82) is 0 Å². The minimum atomic E-state index is 0.805. The highest BCUT2D eigenvalue weighted by Gasteiger charge is 2.30. The average molecular weight is 238 g/mol. The molecule has 0 aromatic rings. The molecule has 3 atom stereocenters. The number of piperidine rings is 1. The molecule has 100 valence electrons. The van der Waals surface area contributed by atoms with Gasteiger partial charge in [-0.05, 0) is 51.1 Å². The van der Waals surface area contributed by atoms with E-state index in [1.807, 2.05) is 0 Å². The molecule has 1 heterocycles. The Morgan fingerprint density at radius 2 is 1.94 bits per heavy atom. The zero-order valence-electron chi connectivity index (χ0n) is 11.8. The summed E-state index contributed by atoms with van der Waals surface area (Å²) in [5, 5.41) is 3.69. The van der Waals surface area contributed by atoms with Crippen molar-refractivity contribution < 1.29 is 0 Å². The fourth-order valence-electron chi connectivity index (χ4n) is 3.85. The van der Waals surface area contributed by atoms with Crippen molar-refractivity contribution in [1.82, 2.24) is 10.2 Å². The molecule has 0 bridgehead atoms. The van der Waals surface area contributed by atoms with Gasteiger partial charge < -0.3 is 10.2 Å². The van der Waals surface area contributed by atoms with Crippen LogP contribution < -0.4 is 5.32 Å². The van der Waals surface area contributed by atoms with Crippen molar-refractivity contribution in [3.8, 4) is 0 Å². The summed E-state index contributed by atoms with van der Waals surface area (Å²) in [5.74, 6) is 0.919. The van der Waals surface area contributed by atoms with Crippen molar-refractivity contribution in [3.63, 3.8) is 0 Å². The Labute approximate surface area is 107 Å². The van der Waals surface area contributed by atoms with Gasteiger partial charge in [0, 0.05) is 18.6 Å². The van der Waals surface area contributed by atoms with Gasteiger partial charge in [-0.15, -0.1) is 0 Å². The Morgan fingerprint density at radius 1 is 1.06 bits per heavy atom. The highest BCUT2D eigenvalue weighted by atomic mass is 15.2. The standard InChI is InChI=1S/C15H30N2/c1-3-14-9-5-6-11-17(14)12-13-8-7-10-15(13)16-4-2/h13-16H,3-12H2,1-2H3. The first-order chi connectivity index (χ1) is 8.35. The highest BCUT2D eigenvalue weighted by molar-refractivity contribution is 4.87. The molecule has 0 amide bonds. The van der Waals surface area contributed by atoms with Gasteiger partial charge in [-0.1, -0.05) is 26.7 Å². The largest absolute Gasteiger partial charge is 0.314 e. The molecule has 1 aliphatic carbocycles. The van der Waals surface area contributed by atoms with E-state index >= 15 is 0 Å². The van der Waals surface area contributed by atoms with Crippen molar-refractivity contribution in [2.75, 3.05) is 19.6 Å². The molecule has 3 unspecified atom stereocenters. The first kappa shape index (κ1) is 13.4. The van der Waals surface area contributed by atoms with E-state index in [1.165, 1.54) is 58.0 Å². The van der Waals surface area contributed by atoms with Gasteiger partial charge in [0.05, 0.1) is 0 Å². The van der Waals surface area contributed by atoms with Crippen LogP contribution in [0.15, 0.2) is 0 Å². The van der Waals surface area contributed by atoms with Gasteiger partial charge in [0.15, 0.2) is 0 Å². The summed E-state index contributed by atoms with van der Waals surface area (Å²) >= 11 is 0. The molecule has 1 aliphatic heterocycles. The fourth-order valence-corrected chi connectivity index (χ4v) is 3.85. The summed E-state index contributed by atoms with van der Waals surface area (Å²) in [6.07, 6.45) is 9.96. The quantitative estimate of drug-likeness (QED) is 0.792. The summed E-state index contributed by atoms with van der Waals surface area (Å²) in [5.41, 5.74) is 0. The maximum Gasteiger partial charge on any atom is 0.0107 e. The van der Waals surface area contributed by atoms with Crippen molar-refractivity contribution >= 4 is 0 Å². The Bertz CT molecular complexity index is 217. The summed E-state index contributed by atoms with van der Waals surface area (Å²) < 4.78 is 0. The van der Waals surface area contributed by atoms with Crippen LogP contribution in [0.1, 0.15) is 58.8 Å². The summed E-state index contributed by atoms with van der Waals surface area (Å²) in [6, 6.07) is 1.69. The number of nitrogens with one attached hydrogen (secondary N) is 1. The number of hydrogen-bond donors (Lipinski definition) is 1. The molecular weight excluding hydrogens is 208 g/mol. The lowest BCUT2D eigenvalue weighted by Gasteiger charge is -2.38. The number of nitrogens with zero attached hydrogens (tertiary/aromatic N) is 1. The summed E-state index contributed by atoms with van der Waals surface area (Å²) in [7, 11) is 0. The van der Waals surface area contributed by atoms with Gasteiger partial charge in [0.2, 0.25) is 0 Å². The molecule has 0 aromatic heterocycles. The Kier molecular flexibility index (Phi) is 5.30. The Morgan fingerprint density at radius 3 is 2.71 bits per heavy atom. The van der Waals surface area contributed by atoms with Gasteiger partial charge in [-0.3, -0.25) is 0 Å². The van der Waals surface area contributed by atoms with Crippen molar-refractivity contribution in [2.24, 2.45) is 5.92 Å². The highest BCUT2D eigenvalue weighted by Crippen LogP contribution is 2.29. The number of rotatable bonds is 5. The average Bonchev–Trinajstić information content (AvgIpc) is 2.78. The first-order valence-corrected chi connectivity index (χ1v) is 7.82. The van der Waals surface area contributed by atoms with Crippen LogP contribution in [0.3, 0.4) is 0 Å². The van der Waals surface area contributed by atoms with Crippen LogP contribution in [0.5, 0.6) is 0 Å². The monoisotopic (exact) mass is 238 g/mol. The van der Waals surface area contributed by atoms with E-state index in [1.54, 1.807) is 0 Å². The topological polar surface area (TPSA) is 15.3 Å². The molecule has 0 aromatic carbocycles. The lowest BCUT2D eigenvalue weighted by atomic mass is 9.96. The second-order valence-electron chi connectivity index (χ2n) is 5.91. The second-order valence-corrected chi connectivity index (χ2v) is 5.91. The van der Waals surface area contributed by atoms with Crippen LogP contribution in [0.4, 0.5) is 0 Å². The van der Waals surface area contributed by atoms with E-state index < -0.39 is 0 Å². The van der Waals surface area contributed by atoms with Crippen LogP contribution in [0.25, 0.3) is 0 Å². The maximum absolute atomic E-state index is 3.69. The van der Waals surface area contributed by atoms with E-state index in [0.29, 0.717) is 0 Å². The van der Waals surface area contributed by atoms with Gasteiger partial charge in [0.25, 0.3) is 0 Å². The first-order valence-electron chi connectivity index (χ1n) is 7.82. The van der Waals surface area contributed by atoms with Crippen molar-refractivity contribution in [2.45, 2.75) is 70.9 Å². The van der Waals surface area contributed by atoms with Crippen LogP contribution >= 0.6 is 0 Å². The molecule has 2 heteroatoms. The smallest absolute Gasteiger partial charge is 0.0107 e. The molecule has 2 nitrogen and oxygen atoms in total. The van der Waals surface area contributed by atoms with Crippen LogP contribution in [0.2, 0.25) is 0 Å². The molecule has 2 fully saturated rings. The molecule has 2 aliphatic rings. The third-order valence-electron chi connectivity index (χ3n) is 4.81. The summed E-state index contributed by atoms with van der Waals surface area (Å²) in [6.45, 7) is 8.45. The third-order valence-corrected chi connectivity index (χ3v) is 4.81.